The predicted octanol–water partition coefficient (Wildman–Crippen LogP) is 5.18. The van der Waals surface area contributed by atoms with Crippen molar-refractivity contribution in [3.05, 3.63) is 29.6 Å². The fourth-order valence-corrected chi connectivity index (χ4v) is 6.82. The molecule has 164 valence electrons. The van der Waals surface area contributed by atoms with Gasteiger partial charge in [0.2, 0.25) is 0 Å². The normalized spacial score (nSPS) is 28.8. The van der Waals surface area contributed by atoms with E-state index in [1.54, 1.807) is 0 Å². The number of aromatic amines is 1. The van der Waals surface area contributed by atoms with Gasteiger partial charge in [-0.1, -0.05) is 6.92 Å². The van der Waals surface area contributed by atoms with Gasteiger partial charge in [-0.05, 0) is 74.0 Å². The number of aryl methyl sites for hydroxylation is 1. The molecule has 2 aliphatic carbocycles. The van der Waals surface area contributed by atoms with Crippen molar-refractivity contribution in [3.63, 3.8) is 0 Å². The number of carboxylic acid groups (broad SMARTS) is 1. The van der Waals surface area contributed by atoms with Crippen LogP contribution in [0.3, 0.4) is 0 Å². The van der Waals surface area contributed by atoms with Gasteiger partial charge in [-0.15, -0.1) is 0 Å². The number of carboxylic acids is 1. The highest BCUT2D eigenvalue weighted by Gasteiger charge is 2.56. The largest absolute Gasteiger partial charge is 0.481 e. The third kappa shape index (κ3) is 2.94. The summed E-state index contributed by atoms with van der Waals surface area (Å²) in [6, 6.07) is 4.63. The summed E-state index contributed by atoms with van der Waals surface area (Å²) in [5, 5.41) is 19.3. The van der Waals surface area contributed by atoms with Crippen molar-refractivity contribution in [1.29, 1.82) is 0 Å². The molecule has 3 aromatic rings. The highest BCUT2D eigenvalue weighted by atomic mass is 16.5. The Balaban J connectivity index is 1.46. The molecule has 1 saturated heterocycles. The molecule has 6 heteroatoms. The predicted molar refractivity (Wildman–Crippen MR) is 119 cm³/mol. The van der Waals surface area contributed by atoms with Gasteiger partial charge in [0.15, 0.2) is 0 Å². The standard InChI is InChI=1S/C25H31N3O3/c1-2-5-28-21-8-16-14-26-27-20(16)9-19(21)22(23(28)15-3-6-31-7-4-15)17-10-25(11-17)12-18(13-25)24(29)30/h8-9,14-15,17-18H,2-7,10-13H2,1H3,(H,26,27)(H,29,30). The fourth-order valence-electron chi connectivity index (χ4n) is 6.82. The Morgan fingerprint density at radius 3 is 2.71 bits per heavy atom. The zero-order valence-electron chi connectivity index (χ0n) is 18.2. The molecule has 0 bridgehead atoms. The maximum Gasteiger partial charge on any atom is 0.306 e. The zero-order chi connectivity index (χ0) is 21.2. The van der Waals surface area contributed by atoms with Gasteiger partial charge in [0, 0.05) is 47.7 Å². The second-order valence-corrected chi connectivity index (χ2v) is 10.2. The number of carbonyl (C=O) groups is 1. The van der Waals surface area contributed by atoms with E-state index in [4.69, 9.17) is 4.74 Å². The molecule has 0 radical (unpaired) electrons. The Morgan fingerprint density at radius 2 is 2.00 bits per heavy atom. The Kier molecular flexibility index (Phi) is 4.43. The smallest absolute Gasteiger partial charge is 0.306 e. The summed E-state index contributed by atoms with van der Waals surface area (Å²) in [5.74, 6) is 0.345. The van der Waals surface area contributed by atoms with E-state index in [1.165, 1.54) is 27.5 Å². The van der Waals surface area contributed by atoms with Gasteiger partial charge in [-0.25, -0.2) is 0 Å². The third-order valence-electron chi connectivity index (χ3n) is 8.23. The average molecular weight is 422 g/mol. The molecule has 0 unspecified atom stereocenters. The van der Waals surface area contributed by atoms with Crippen LogP contribution in [0.2, 0.25) is 0 Å². The SMILES string of the molecule is CCCn1c(C2CCOCC2)c(C2CC3(CC(C(=O)O)C3)C2)c2cc3[nH]ncc3cc21. The van der Waals surface area contributed by atoms with Crippen molar-refractivity contribution in [2.24, 2.45) is 11.3 Å². The molecule has 31 heavy (non-hydrogen) atoms. The molecule has 2 N–H and O–H groups in total. The lowest BCUT2D eigenvalue weighted by molar-refractivity contribution is -0.155. The lowest BCUT2D eigenvalue weighted by Crippen LogP contribution is -2.49. The van der Waals surface area contributed by atoms with Crippen molar-refractivity contribution in [1.82, 2.24) is 14.8 Å². The average Bonchev–Trinajstić information content (AvgIpc) is 3.28. The number of aliphatic carboxylic acids is 1. The lowest BCUT2D eigenvalue weighted by atomic mass is 9.47. The maximum atomic E-state index is 11.3. The van der Waals surface area contributed by atoms with Gasteiger partial charge in [0.05, 0.1) is 17.6 Å². The van der Waals surface area contributed by atoms with Crippen LogP contribution in [0, 0.1) is 11.3 Å². The van der Waals surface area contributed by atoms with E-state index in [-0.39, 0.29) is 11.3 Å². The van der Waals surface area contributed by atoms with Crippen LogP contribution in [-0.4, -0.2) is 39.1 Å². The first-order valence-electron chi connectivity index (χ1n) is 11.9. The molecule has 2 saturated carbocycles. The van der Waals surface area contributed by atoms with Crippen molar-refractivity contribution < 1.29 is 14.6 Å². The summed E-state index contributed by atoms with van der Waals surface area (Å²) in [5.41, 5.74) is 5.79. The third-order valence-corrected chi connectivity index (χ3v) is 8.23. The number of rotatable bonds is 5. The second-order valence-electron chi connectivity index (χ2n) is 10.2. The quantitative estimate of drug-likeness (QED) is 0.595. The Bertz CT molecular complexity index is 1140. The summed E-state index contributed by atoms with van der Waals surface area (Å²) >= 11 is 0. The van der Waals surface area contributed by atoms with E-state index >= 15 is 0 Å². The minimum atomic E-state index is -0.613. The molecule has 1 aliphatic heterocycles. The number of hydrogen-bond acceptors (Lipinski definition) is 3. The molecule has 0 amide bonds. The first-order chi connectivity index (χ1) is 15.1. The molecule has 1 spiro atoms. The van der Waals surface area contributed by atoms with E-state index in [9.17, 15) is 9.90 Å². The van der Waals surface area contributed by atoms with Crippen molar-refractivity contribution in [2.45, 2.75) is 70.3 Å². The molecule has 2 aromatic heterocycles. The van der Waals surface area contributed by atoms with Crippen LogP contribution in [-0.2, 0) is 16.1 Å². The van der Waals surface area contributed by atoms with Crippen LogP contribution in [0.25, 0.3) is 21.8 Å². The number of fused-ring (bicyclic) bond motifs is 2. The number of aromatic nitrogens is 3. The molecular formula is C25H31N3O3. The van der Waals surface area contributed by atoms with Crippen LogP contribution >= 0.6 is 0 Å². The van der Waals surface area contributed by atoms with Crippen LogP contribution in [0.15, 0.2) is 18.3 Å². The first kappa shape index (κ1) is 19.4. The van der Waals surface area contributed by atoms with Gasteiger partial charge in [0.25, 0.3) is 0 Å². The molecule has 1 aromatic carbocycles. The highest BCUT2D eigenvalue weighted by molar-refractivity contribution is 5.98. The number of benzene rings is 1. The first-order valence-corrected chi connectivity index (χ1v) is 11.9. The molecule has 3 fully saturated rings. The number of nitrogens with one attached hydrogen (secondary N) is 1. The van der Waals surface area contributed by atoms with Crippen molar-refractivity contribution in [3.8, 4) is 0 Å². The molecular weight excluding hydrogens is 390 g/mol. The molecule has 3 heterocycles. The number of nitrogens with zero attached hydrogens (tertiary/aromatic N) is 2. The van der Waals surface area contributed by atoms with Gasteiger partial charge in [0.1, 0.15) is 0 Å². The van der Waals surface area contributed by atoms with E-state index in [0.717, 1.165) is 70.2 Å². The van der Waals surface area contributed by atoms with E-state index in [0.29, 0.717) is 11.8 Å². The van der Waals surface area contributed by atoms with Crippen LogP contribution in [0.1, 0.15) is 75.0 Å². The number of hydrogen-bond donors (Lipinski definition) is 2. The second kappa shape index (κ2) is 7.09. The maximum absolute atomic E-state index is 11.3. The van der Waals surface area contributed by atoms with Gasteiger partial charge < -0.3 is 14.4 Å². The minimum Gasteiger partial charge on any atom is -0.481 e. The van der Waals surface area contributed by atoms with Crippen molar-refractivity contribution in [2.75, 3.05) is 13.2 Å². The summed E-state index contributed by atoms with van der Waals surface area (Å²) in [7, 11) is 0. The van der Waals surface area contributed by atoms with E-state index in [2.05, 4.69) is 33.8 Å². The highest BCUT2D eigenvalue weighted by Crippen LogP contribution is 2.65. The van der Waals surface area contributed by atoms with Crippen molar-refractivity contribution >= 4 is 27.8 Å². The van der Waals surface area contributed by atoms with E-state index < -0.39 is 5.97 Å². The minimum absolute atomic E-state index is 0.123. The fraction of sp³-hybridized carbons (Fsp3) is 0.600. The number of H-pyrrole nitrogens is 1. The summed E-state index contributed by atoms with van der Waals surface area (Å²) in [6.07, 6.45) is 9.21. The zero-order valence-corrected chi connectivity index (χ0v) is 18.2. The monoisotopic (exact) mass is 421 g/mol. The molecule has 6 rings (SSSR count). The molecule has 6 nitrogen and oxygen atoms in total. The van der Waals surface area contributed by atoms with E-state index in [1.807, 2.05) is 6.20 Å². The Hall–Kier alpha value is -2.34. The summed E-state index contributed by atoms with van der Waals surface area (Å²) < 4.78 is 8.30. The molecule has 0 atom stereocenters. The molecule has 3 aliphatic rings. The lowest BCUT2D eigenvalue weighted by Gasteiger charge is -2.57. The number of ether oxygens (including phenoxy) is 1. The van der Waals surface area contributed by atoms with Gasteiger partial charge in [-0.2, -0.15) is 5.10 Å². The summed E-state index contributed by atoms with van der Waals surface area (Å²) in [6.45, 7) is 4.98. The van der Waals surface area contributed by atoms with Gasteiger partial charge >= 0.3 is 5.97 Å². The summed E-state index contributed by atoms with van der Waals surface area (Å²) in [4.78, 5) is 11.3. The Morgan fingerprint density at radius 1 is 1.23 bits per heavy atom. The van der Waals surface area contributed by atoms with Crippen LogP contribution < -0.4 is 0 Å². The van der Waals surface area contributed by atoms with Crippen LogP contribution in [0.4, 0.5) is 0 Å². The van der Waals surface area contributed by atoms with Crippen LogP contribution in [0.5, 0.6) is 0 Å². The Labute approximate surface area is 182 Å². The topological polar surface area (TPSA) is 80.1 Å². The van der Waals surface area contributed by atoms with Gasteiger partial charge in [-0.3, -0.25) is 9.89 Å².